The molecule has 1 aliphatic rings. The third kappa shape index (κ3) is 3.33. The molecule has 3 N–H and O–H groups in total. The van der Waals surface area contributed by atoms with Gasteiger partial charge >= 0.3 is 0 Å². The van der Waals surface area contributed by atoms with Crippen LogP contribution in [0, 0.1) is 12.3 Å². The summed E-state index contributed by atoms with van der Waals surface area (Å²) in [5, 5.41) is 3.44. The van der Waals surface area contributed by atoms with Crippen LogP contribution in [0.3, 0.4) is 0 Å². The van der Waals surface area contributed by atoms with Gasteiger partial charge in [-0.05, 0) is 55.7 Å². The summed E-state index contributed by atoms with van der Waals surface area (Å²) in [4.78, 5) is 12.1. The van der Waals surface area contributed by atoms with Crippen LogP contribution in [-0.2, 0) is 4.79 Å². The van der Waals surface area contributed by atoms with Crippen molar-refractivity contribution < 1.29 is 4.79 Å². The predicted octanol–water partition coefficient (Wildman–Crippen LogP) is 3.62. The van der Waals surface area contributed by atoms with Gasteiger partial charge in [0.25, 0.3) is 0 Å². The second-order valence-electron chi connectivity index (χ2n) is 6.96. The first-order valence-electron chi connectivity index (χ1n) is 7.48. The molecule has 1 aromatic rings. The van der Waals surface area contributed by atoms with Gasteiger partial charge in [0, 0.05) is 5.69 Å². The fourth-order valence-corrected chi connectivity index (χ4v) is 3.10. The zero-order valence-electron chi connectivity index (χ0n) is 12.8. The Hall–Kier alpha value is -1.51. The van der Waals surface area contributed by atoms with E-state index in [4.69, 9.17) is 5.73 Å². The van der Waals surface area contributed by atoms with Crippen molar-refractivity contribution in [3.63, 3.8) is 0 Å². The molecule has 0 spiro atoms. The smallest absolute Gasteiger partial charge is 0.243 e. The normalized spacial score (nSPS) is 25.8. The average Bonchev–Trinajstić information content (AvgIpc) is 2.49. The molecule has 0 radical (unpaired) electrons. The maximum absolute atomic E-state index is 12.1. The lowest BCUT2D eigenvalue weighted by molar-refractivity contribution is -0.122. The van der Waals surface area contributed by atoms with Crippen LogP contribution in [0.5, 0.6) is 0 Å². The summed E-state index contributed by atoms with van der Waals surface area (Å²) >= 11 is 0. The standard InChI is InChI=1S/C17H26N2O/c1-13-6-4-7-14(12-13)19-17(15(18)20)9-5-8-16(2,3)10-11-17/h4,6-7,12,19H,5,8-11H2,1-3H3,(H2,18,20). The molecule has 1 aliphatic carbocycles. The highest BCUT2D eigenvalue weighted by molar-refractivity contribution is 5.88. The summed E-state index contributed by atoms with van der Waals surface area (Å²) in [5.74, 6) is -0.225. The Bertz CT molecular complexity index is 496. The summed E-state index contributed by atoms with van der Waals surface area (Å²) in [6.07, 6.45) is 4.84. The van der Waals surface area contributed by atoms with E-state index in [-0.39, 0.29) is 5.91 Å². The van der Waals surface area contributed by atoms with Crippen molar-refractivity contribution in [2.24, 2.45) is 11.1 Å². The minimum absolute atomic E-state index is 0.225. The molecule has 0 bridgehead atoms. The van der Waals surface area contributed by atoms with Gasteiger partial charge in [0.15, 0.2) is 0 Å². The van der Waals surface area contributed by atoms with Gasteiger partial charge in [0.1, 0.15) is 5.54 Å². The third-order valence-electron chi connectivity index (χ3n) is 4.56. The quantitative estimate of drug-likeness (QED) is 0.827. The van der Waals surface area contributed by atoms with E-state index >= 15 is 0 Å². The molecule has 1 atom stereocenters. The van der Waals surface area contributed by atoms with Crippen LogP contribution in [0.1, 0.15) is 51.5 Å². The van der Waals surface area contributed by atoms with Crippen LogP contribution in [0.15, 0.2) is 24.3 Å². The molecule has 0 saturated heterocycles. The molecular weight excluding hydrogens is 248 g/mol. The van der Waals surface area contributed by atoms with Crippen molar-refractivity contribution in [2.75, 3.05) is 5.32 Å². The number of carbonyl (C=O) groups excluding carboxylic acids is 1. The number of rotatable bonds is 3. The summed E-state index contributed by atoms with van der Waals surface area (Å²) in [6.45, 7) is 6.60. The lowest BCUT2D eigenvalue weighted by atomic mass is 9.83. The molecule has 110 valence electrons. The number of carbonyl (C=O) groups is 1. The van der Waals surface area contributed by atoms with Crippen molar-refractivity contribution in [3.8, 4) is 0 Å². The molecule has 0 aromatic heterocycles. The number of primary amides is 1. The molecule has 3 heteroatoms. The second-order valence-corrected chi connectivity index (χ2v) is 6.96. The summed E-state index contributed by atoms with van der Waals surface area (Å²) < 4.78 is 0. The maximum atomic E-state index is 12.1. The Morgan fingerprint density at radius 3 is 2.60 bits per heavy atom. The lowest BCUT2D eigenvalue weighted by Gasteiger charge is -2.32. The number of nitrogens with one attached hydrogen (secondary N) is 1. The largest absolute Gasteiger partial charge is 0.371 e. The van der Waals surface area contributed by atoms with Crippen molar-refractivity contribution in [3.05, 3.63) is 29.8 Å². The molecule has 3 nitrogen and oxygen atoms in total. The third-order valence-corrected chi connectivity index (χ3v) is 4.56. The van der Waals surface area contributed by atoms with Gasteiger partial charge in [0.05, 0.1) is 0 Å². The van der Waals surface area contributed by atoms with E-state index in [0.717, 1.165) is 37.8 Å². The van der Waals surface area contributed by atoms with E-state index in [0.29, 0.717) is 5.41 Å². The van der Waals surface area contributed by atoms with Gasteiger partial charge in [-0.1, -0.05) is 32.4 Å². The Labute approximate surface area is 121 Å². The van der Waals surface area contributed by atoms with E-state index in [9.17, 15) is 4.79 Å². The van der Waals surface area contributed by atoms with Crippen LogP contribution >= 0.6 is 0 Å². The number of anilines is 1. The average molecular weight is 274 g/mol. The molecule has 1 aromatic carbocycles. The van der Waals surface area contributed by atoms with E-state index in [2.05, 4.69) is 38.2 Å². The maximum Gasteiger partial charge on any atom is 0.243 e. The van der Waals surface area contributed by atoms with Gasteiger partial charge < -0.3 is 11.1 Å². The van der Waals surface area contributed by atoms with Crippen molar-refractivity contribution in [1.29, 1.82) is 0 Å². The summed E-state index contributed by atoms with van der Waals surface area (Å²) in [6, 6.07) is 8.14. The fourth-order valence-electron chi connectivity index (χ4n) is 3.10. The van der Waals surface area contributed by atoms with Crippen LogP contribution in [0.25, 0.3) is 0 Å². The second kappa shape index (κ2) is 5.47. The van der Waals surface area contributed by atoms with E-state index < -0.39 is 5.54 Å². The first-order chi connectivity index (χ1) is 9.33. The zero-order chi connectivity index (χ0) is 14.8. The molecule has 1 unspecified atom stereocenters. The number of hydrogen-bond acceptors (Lipinski definition) is 2. The van der Waals surface area contributed by atoms with Crippen molar-refractivity contribution in [1.82, 2.24) is 0 Å². The Morgan fingerprint density at radius 2 is 1.95 bits per heavy atom. The molecule has 1 fully saturated rings. The van der Waals surface area contributed by atoms with Crippen LogP contribution in [-0.4, -0.2) is 11.4 Å². The van der Waals surface area contributed by atoms with Crippen molar-refractivity contribution >= 4 is 11.6 Å². The van der Waals surface area contributed by atoms with Crippen LogP contribution < -0.4 is 11.1 Å². The van der Waals surface area contributed by atoms with Gasteiger partial charge in [-0.25, -0.2) is 0 Å². The number of nitrogens with two attached hydrogens (primary N) is 1. The molecule has 0 heterocycles. The highest BCUT2D eigenvalue weighted by atomic mass is 16.1. The van der Waals surface area contributed by atoms with E-state index in [1.165, 1.54) is 5.56 Å². The number of amides is 1. The lowest BCUT2D eigenvalue weighted by Crippen LogP contribution is -2.50. The van der Waals surface area contributed by atoms with Gasteiger partial charge in [0.2, 0.25) is 5.91 Å². The molecule has 1 amide bonds. The highest BCUT2D eigenvalue weighted by Gasteiger charge is 2.40. The first-order valence-corrected chi connectivity index (χ1v) is 7.48. The Kier molecular flexibility index (Phi) is 4.07. The predicted molar refractivity (Wildman–Crippen MR) is 83.6 cm³/mol. The van der Waals surface area contributed by atoms with Gasteiger partial charge in [-0.3, -0.25) is 4.79 Å². The Morgan fingerprint density at radius 1 is 1.20 bits per heavy atom. The number of aryl methyl sites for hydroxylation is 1. The minimum Gasteiger partial charge on any atom is -0.371 e. The highest BCUT2D eigenvalue weighted by Crippen LogP contribution is 2.39. The van der Waals surface area contributed by atoms with Crippen molar-refractivity contribution in [2.45, 2.75) is 58.4 Å². The summed E-state index contributed by atoms with van der Waals surface area (Å²) in [5.41, 5.74) is 7.62. The van der Waals surface area contributed by atoms with Gasteiger partial charge in [-0.15, -0.1) is 0 Å². The Balaban J connectivity index is 2.24. The monoisotopic (exact) mass is 274 g/mol. The topological polar surface area (TPSA) is 55.1 Å². The van der Waals surface area contributed by atoms with E-state index in [1.54, 1.807) is 0 Å². The van der Waals surface area contributed by atoms with Gasteiger partial charge in [-0.2, -0.15) is 0 Å². The zero-order valence-corrected chi connectivity index (χ0v) is 12.8. The van der Waals surface area contributed by atoms with Crippen LogP contribution in [0.2, 0.25) is 0 Å². The van der Waals surface area contributed by atoms with E-state index in [1.807, 2.05) is 12.1 Å². The fraction of sp³-hybridized carbons (Fsp3) is 0.588. The summed E-state index contributed by atoms with van der Waals surface area (Å²) in [7, 11) is 0. The molecule has 2 rings (SSSR count). The number of benzene rings is 1. The number of hydrogen-bond donors (Lipinski definition) is 2. The molecule has 20 heavy (non-hydrogen) atoms. The molecular formula is C17H26N2O. The first kappa shape index (κ1) is 14.9. The molecule has 1 saturated carbocycles. The SMILES string of the molecule is Cc1cccc(NC2(C(N)=O)CCCC(C)(C)CC2)c1. The molecule has 0 aliphatic heterocycles. The van der Waals surface area contributed by atoms with Crippen LogP contribution in [0.4, 0.5) is 5.69 Å². The minimum atomic E-state index is -0.596.